The SMILES string of the molecule is Cc1nc(N[C@H](C)c2cccc(C(F)(F)[C@@](C)(O)C3CC3)c2F)c2cc(P3(=O)CC=CC3)ncc2n1. The van der Waals surface area contributed by atoms with Crippen molar-refractivity contribution in [1.82, 2.24) is 15.0 Å². The Morgan fingerprint density at radius 3 is 2.56 bits per heavy atom. The Morgan fingerprint density at radius 2 is 1.89 bits per heavy atom. The molecule has 1 fully saturated rings. The first-order valence-corrected chi connectivity index (χ1v) is 14.1. The quantitative estimate of drug-likeness (QED) is 0.321. The number of rotatable bonds is 7. The molecule has 0 amide bonds. The Bertz CT molecular complexity index is 1410. The molecule has 0 bridgehead atoms. The van der Waals surface area contributed by atoms with Gasteiger partial charge in [0.2, 0.25) is 0 Å². The van der Waals surface area contributed by atoms with Gasteiger partial charge in [0.05, 0.1) is 23.3 Å². The molecule has 0 radical (unpaired) electrons. The predicted octanol–water partition coefficient (Wildman–Crippen LogP) is 5.46. The smallest absolute Gasteiger partial charge is 0.304 e. The second-order valence-corrected chi connectivity index (χ2v) is 12.9. The van der Waals surface area contributed by atoms with Crippen LogP contribution in [0.3, 0.4) is 0 Å². The minimum absolute atomic E-state index is 0.0188. The number of hydrogen-bond donors (Lipinski definition) is 2. The molecule has 0 saturated heterocycles. The maximum Gasteiger partial charge on any atom is 0.304 e. The van der Waals surface area contributed by atoms with Crippen molar-refractivity contribution in [3.05, 3.63) is 65.4 Å². The van der Waals surface area contributed by atoms with Gasteiger partial charge in [0.15, 0.2) is 0 Å². The fourth-order valence-corrected chi connectivity index (χ4v) is 6.94. The molecule has 1 aliphatic carbocycles. The summed E-state index contributed by atoms with van der Waals surface area (Å²) >= 11 is 0. The van der Waals surface area contributed by atoms with Gasteiger partial charge in [-0.25, -0.2) is 14.4 Å². The molecular formula is C26H28F3N4O2P. The second kappa shape index (κ2) is 8.67. The van der Waals surface area contributed by atoms with E-state index in [4.69, 9.17) is 0 Å². The first-order chi connectivity index (χ1) is 16.9. The molecule has 2 aliphatic rings. The Balaban J connectivity index is 1.51. The van der Waals surface area contributed by atoms with Crippen LogP contribution in [0.25, 0.3) is 10.9 Å². The Morgan fingerprint density at radius 1 is 1.19 bits per heavy atom. The van der Waals surface area contributed by atoms with E-state index in [1.54, 1.807) is 26.1 Å². The summed E-state index contributed by atoms with van der Waals surface area (Å²) in [4.78, 5) is 13.3. The number of benzene rings is 1. The molecule has 1 aromatic carbocycles. The summed E-state index contributed by atoms with van der Waals surface area (Å²) in [6, 6.07) is 4.78. The molecule has 190 valence electrons. The molecule has 5 rings (SSSR count). The van der Waals surface area contributed by atoms with Gasteiger partial charge in [0.1, 0.15) is 35.6 Å². The summed E-state index contributed by atoms with van der Waals surface area (Å²) in [7, 11) is -2.68. The van der Waals surface area contributed by atoms with Gasteiger partial charge in [-0.15, -0.1) is 0 Å². The van der Waals surface area contributed by atoms with Gasteiger partial charge < -0.3 is 15.0 Å². The molecule has 36 heavy (non-hydrogen) atoms. The highest BCUT2D eigenvalue weighted by molar-refractivity contribution is 7.72. The number of hydrogen-bond acceptors (Lipinski definition) is 6. The van der Waals surface area contributed by atoms with Gasteiger partial charge >= 0.3 is 5.92 Å². The molecule has 2 atom stereocenters. The molecule has 1 saturated carbocycles. The van der Waals surface area contributed by atoms with Crippen molar-refractivity contribution in [1.29, 1.82) is 0 Å². The average molecular weight is 517 g/mol. The molecular weight excluding hydrogens is 488 g/mol. The van der Waals surface area contributed by atoms with Crippen LogP contribution in [0.5, 0.6) is 0 Å². The van der Waals surface area contributed by atoms with Gasteiger partial charge in [-0.05, 0) is 51.7 Å². The van der Waals surface area contributed by atoms with Crippen molar-refractivity contribution >= 4 is 29.3 Å². The van der Waals surface area contributed by atoms with Crippen molar-refractivity contribution in [3.8, 4) is 0 Å². The number of alkyl halides is 2. The largest absolute Gasteiger partial charge is 0.383 e. The molecule has 3 aromatic rings. The van der Waals surface area contributed by atoms with E-state index in [9.17, 15) is 9.67 Å². The number of allylic oxidation sites excluding steroid dienone is 2. The molecule has 3 heterocycles. The number of pyridine rings is 1. The van der Waals surface area contributed by atoms with Crippen LogP contribution in [0.15, 0.2) is 42.6 Å². The molecule has 10 heteroatoms. The molecule has 1 aliphatic heterocycles. The van der Waals surface area contributed by atoms with Gasteiger partial charge in [0, 0.05) is 23.3 Å². The van der Waals surface area contributed by atoms with Crippen molar-refractivity contribution in [2.75, 3.05) is 17.6 Å². The number of anilines is 1. The Labute approximate surface area is 207 Å². The number of halogens is 3. The highest BCUT2D eigenvalue weighted by Crippen LogP contribution is 2.52. The summed E-state index contributed by atoms with van der Waals surface area (Å²) in [5.74, 6) is -4.57. The Hall–Kier alpha value is -2.77. The van der Waals surface area contributed by atoms with E-state index in [2.05, 4.69) is 20.3 Å². The standard InChI is InChI=1S/C26H28F3N4O2P/c1-15(18-7-6-8-20(23(18)27)26(28,29)25(3,34)17-9-10-17)31-24-19-13-22(36(35)11-4-5-12-36)30-14-21(19)32-16(2)33-24/h4-8,13-15,17,34H,9-12H2,1-3H3,(H,31,32,33)/t15-,25+/m1/s1. The van der Waals surface area contributed by atoms with E-state index in [0.29, 0.717) is 53.1 Å². The van der Waals surface area contributed by atoms with Crippen LogP contribution in [0.4, 0.5) is 19.0 Å². The zero-order chi connectivity index (χ0) is 25.9. The number of nitrogens with zero attached hydrogens (tertiary/aromatic N) is 3. The average Bonchev–Trinajstić information content (AvgIpc) is 3.60. The first kappa shape index (κ1) is 24.9. The number of aryl methyl sites for hydroxylation is 1. The monoisotopic (exact) mass is 516 g/mol. The zero-order valence-electron chi connectivity index (χ0n) is 20.3. The number of aromatic nitrogens is 3. The number of fused-ring (bicyclic) bond motifs is 1. The third-order valence-corrected chi connectivity index (χ3v) is 9.94. The highest BCUT2D eigenvalue weighted by atomic mass is 31.2. The number of aliphatic hydroxyl groups is 1. The van der Waals surface area contributed by atoms with E-state index < -0.39 is 42.0 Å². The van der Waals surface area contributed by atoms with E-state index >= 15 is 13.2 Å². The zero-order valence-corrected chi connectivity index (χ0v) is 21.2. The summed E-state index contributed by atoms with van der Waals surface area (Å²) in [5.41, 5.74) is -2.14. The van der Waals surface area contributed by atoms with E-state index in [-0.39, 0.29) is 5.56 Å². The van der Waals surface area contributed by atoms with Crippen LogP contribution >= 0.6 is 7.14 Å². The summed E-state index contributed by atoms with van der Waals surface area (Å²) in [5, 5.41) is 14.2. The van der Waals surface area contributed by atoms with Gasteiger partial charge in [-0.3, -0.25) is 4.98 Å². The molecule has 2 N–H and O–H groups in total. The lowest BCUT2D eigenvalue weighted by atomic mass is 9.86. The van der Waals surface area contributed by atoms with Crippen molar-refractivity contribution in [2.45, 2.75) is 51.2 Å². The van der Waals surface area contributed by atoms with E-state index in [1.807, 2.05) is 12.2 Å². The molecule has 6 nitrogen and oxygen atoms in total. The predicted molar refractivity (Wildman–Crippen MR) is 134 cm³/mol. The topological polar surface area (TPSA) is 88.0 Å². The molecule has 0 unspecified atom stereocenters. The Kier molecular flexibility index (Phi) is 5.99. The lowest BCUT2D eigenvalue weighted by Gasteiger charge is -2.34. The van der Waals surface area contributed by atoms with Crippen molar-refractivity contribution < 1.29 is 22.8 Å². The van der Waals surface area contributed by atoms with Gasteiger partial charge in [-0.1, -0.05) is 24.3 Å². The normalized spacial score (nSPS) is 19.9. The maximum absolute atomic E-state index is 15.5. The maximum atomic E-state index is 15.5. The summed E-state index contributed by atoms with van der Waals surface area (Å²) < 4.78 is 59.3. The van der Waals surface area contributed by atoms with Crippen molar-refractivity contribution in [3.63, 3.8) is 0 Å². The van der Waals surface area contributed by atoms with E-state index in [0.717, 1.165) is 13.0 Å². The van der Waals surface area contributed by atoms with E-state index in [1.165, 1.54) is 12.1 Å². The summed E-state index contributed by atoms with van der Waals surface area (Å²) in [6.07, 6.45) is 7.17. The molecule has 0 spiro atoms. The minimum atomic E-state index is -3.76. The van der Waals surface area contributed by atoms with Gasteiger partial charge in [0.25, 0.3) is 0 Å². The van der Waals surface area contributed by atoms with Crippen LogP contribution in [-0.2, 0) is 10.5 Å². The third kappa shape index (κ3) is 4.12. The van der Waals surface area contributed by atoms with Crippen LogP contribution in [0, 0.1) is 18.7 Å². The first-order valence-electron chi connectivity index (χ1n) is 12.0. The summed E-state index contributed by atoms with van der Waals surface area (Å²) in [6.45, 7) is 4.42. The van der Waals surface area contributed by atoms with Crippen LogP contribution in [0.2, 0.25) is 0 Å². The van der Waals surface area contributed by atoms with Crippen molar-refractivity contribution in [2.24, 2.45) is 5.92 Å². The highest BCUT2D eigenvalue weighted by Gasteiger charge is 2.59. The van der Waals surface area contributed by atoms with Crippen LogP contribution in [-0.4, -0.2) is 38.0 Å². The lowest BCUT2D eigenvalue weighted by molar-refractivity contribution is -0.191. The third-order valence-electron chi connectivity index (χ3n) is 7.26. The van der Waals surface area contributed by atoms with Crippen LogP contribution < -0.4 is 10.8 Å². The number of nitrogens with one attached hydrogen (secondary N) is 1. The second-order valence-electron chi connectivity index (χ2n) is 9.98. The molecule has 2 aromatic heterocycles. The fourth-order valence-electron chi connectivity index (χ4n) is 4.81. The minimum Gasteiger partial charge on any atom is -0.383 e. The fraction of sp³-hybridized carbons (Fsp3) is 0.423. The lowest BCUT2D eigenvalue weighted by Crippen LogP contribution is -2.45. The van der Waals surface area contributed by atoms with Gasteiger partial charge in [-0.2, -0.15) is 8.78 Å². The van der Waals surface area contributed by atoms with Crippen LogP contribution in [0.1, 0.15) is 49.7 Å².